The van der Waals surface area contributed by atoms with Crippen LogP contribution in [0.3, 0.4) is 0 Å². The summed E-state index contributed by atoms with van der Waals surface area (Å²) in [4.78, 5) is 0. The molecule has 0 nitrogen and oxygen atoms in total. The molecule has 0 aromatic rings. The number of rotatable bonds is 0. The fourth-order valence-corrected chi connectivity index (χ4v) is 1.41. The van der Waals surface area contributed by atoms with Crippen molar-refractivity contribution < 1.29 is 19.5 Å². The van der Waals surface area contributed by atoms with Crippen LogP contribution in [0.4, 0.5) is 0 Å². The van der Waals surface area contributed by atoms with Crippen molar-refractivity contribution in [1.82, 2.24) is 0 Å². The van der Waals surface area contributed by atoms with Crippen molar-refractivity contribution in [1.29, 1.82) is 0 Å². The molecule has 1 radical (unpaired) electrons. The molecule has 0 spiro atoms. The van der Waals surface area contributed by atoms with E-state index in [1.54, 1.807) is 0 Å². The Bertz CT molecular complexity index is 224. The van der Waals surface area contributed by atoms with E-state index in [-0.39, 0.29) is 37.3 Å². The zero-order chi connectivity index (χ0) is 7.94. The second-order valence-electron chi connectivity index (χ2n) is 3.62. The number of allylic oxidation sites excluding steroid dienone is 4. The summed E-state index contributed by atoms with van der Waals surface area (Å²) >= 11 is 0. The molecule has 0 fully saturated rings. The Kier molecular flexibility index (Phi) is 5.68. The first-order chi connectivity index (χ1) is 4.45. The van der Waals surface area contributed by atoms with Gasteiger partial charge in [-0.3, -0.25) is 6.08 Å². The largest absolute Gasteiger partial charge is 0.263 e. The van der Waals surface area contributed by atoms with Gasteiger partial charge in [-0.2, -0.15) is 11.1 Å². The van der Waals surface area contributed by atoms with E-state index < -0.39 is 0 Å². The van der Waals surface area contributed by atoms with Crippen LogP contribution in [0.2, 0.25) is 0 Å². The van der Waals surface area contributed by atoms with Crippen LogP contribution in [0.1, 0.15) is 34.6 Å². The van der Waals surface area contributed by atoms with Crippen molar-refractivity contribution in [2.24, 2.45) is 5.41 Å². The van der Waals surface area contributed by atoms with E-state index in [9.17, 15) is 0 Å². The molecular weight excluding hydrogens is 258 g/mol. The summed E-state index contributed by atoms with van der Waals surface area (Å²) in [5.41, 5.74) is 4.39. The SMILES string of the molecule is CC1=[C-]C(C)(C)C(C)=C1C.Cl.[Rh]. The van der Waals surface area contributed by atoms with E-state index in [4.69, 9.17) is 0 Å². The van der Waals surface area contributed by atoms with Crippen LogP contribution in [0.25, 0.3) is 0 Å². The third kappa shape index (κ3) is 2.44. The first-order valence-corrected chi connectivity index (χ1v) is 3.75. The van der Waals surface area contributed by atoms with Gasteiger partial charge in [-0.25, -0.2) is 5.57 Å². The third-order valence-corrected chi connectivity index (χ3v) is 2.56. The summed E-state index contributed by atoms with van der Waals surface area (Å²) in [6.45, 7) is 10.9. The van der Waals surface area contributed by atoms with E-state index in [0.717, 1.165) is 0 Å². The summed E-state index contributed by atoms with van der Waals surface area (Å²) in [7, 11) is 0. The van der Waals surface area contributed by atoms with Gasteiger partial charge in [0.15, 0.2) is 0 Å². The van der Waals surface area contributed by atoms with E-state index in [1.807, 2.05) is 0 Å². The maximum atomic E-state index is 3.44. The van der Waals surface area contributed by atoms with Gasteiger partial charge >= 0.3 is 0 Å². The van der Waals surface area contributed by atoms with Crippen LogP contribution in [0.15, 0.2) is 16.7 Å². The molecule has 1 aliphatic carbocycles. The molecule has 0 unspecified atom stereocenters. The summed E-state index contributed by atoms with van der Waals surface area (Å²) < 4.78 is 0. The molecular formula is C10H16ClRh-. The van der Waals surface area contributed by atoms with Crippen LogP contribution < -0.4 is 0 Å². The molecule has 1 aliphatic rings. The van der Waals surface area contributed by atoms with Crippen molar-refractivity contribution in [2.75, 3.05) is 0 Å². The first-order valence-electron chi connectivity index (χ1n) is 3.75. The molecule has 0 atom stereocenters. The van der Waals surface area contributed by atoms with E-state index in [0.29, 0.717) is 0 Å². The quantitative estimate of drug-likeness (QED) is 0.468. The van der Waals surface area contributed by atoms with Gasteiger partial charge in [0.2, 0.25) is 0 Å². The Morgan fingerprint density at radius 2 is 1.50 bits per heavy atom. The fourth-order valence-electron chi connectivity index (χ4n) is 1.41. The van der Waals surface area contributed by atoms with Crippen molar-refractivity contribution >= 4 is 12.4 Å². The zero-order valence-electron chi connectivity index (χ0n) is 8.24. The fraction of sp³-hybridized carbons (Fsp3) is 0.600. The molecule has 1 rings (SSSR count). The Morgan fingerprint density at radius 3 is 1.58 bits per heavy atom. The predicted molar refractivity (Wildman–Crippen MR) is 51.8 cm³/mol. The molecule has 0 saturated carbocycles. The van der Waals surface area contributed by atoms with Crippen molar-refractivity contribution in [3.63, 3.8) is 0 Å². The standard InChI is InChI=1S/C10H15.ClH.Rh/c1-7-6-10(4,5)9(3)8(7)2;;/h1-5H3;1H;/q-1;;. The molecule has 0 amide bonds. The van der Waals surface area contributed by atoms with Crippen LogP contribution in [-0.2, 0) is 19.5 Å². The monoisotopic (exact) mass is 274 g/mol. The van der Waals surface area contributed by atoms with E-state index in [1.165, 1.54) is 16.7 Å². The van der Waals surface area contributed by atoms with Gasteiger partial charge in [-0.15, -0.1) is 19.3 Å². The first kappa shape index (κ1) is 14.9. The second-order valence-corrected chi connectivity index (χ2v) is 3.62. The smallest absolute Gasteiger partial charge is 0 e. The van der Waals surface area contributed by atoms with Crippen LogP contribution in [-0.4, -0.2) is 0 Å². The normalized spacial score (nSPS) is 19.6. The minimum absolute atomic E-state index is 0. The summed E-state index contributed by atoms with van der Waals surface area (Å²) in [6, 6.07) is 0. The van der Waals surface area contributed by atoms with Gasteiger partial charge in [-0.05, 0) is 0 Å². The molecule has 2 heteroatoms. The van der Waals surface area contributed by atoms with Crippen molar-refractivity contribution in [3.05, 3.63) is 22.8 Å². The molecule has 0 saturated heterocycles. The Labute approximate surface area is 94.7 Å². The number of hydrogen-bond donors (Lipinski definition) is 0. The minimum atomic E-state index is 0. The molecule has 0 bridgehead atoms. The maximum absolute atomic E-state index is 3.44. The van der Waals surface area contributed by atoms with Crippen LogP contribution in [0.5, 0.6) is 0 Å². The molecule has 73 valence electrons. The van der Waals surface area contributed by atoms with Gasteiger partial charge in [0.1, 0.15) is 0 Å². The molecule has 12 heavy (non-hydrogen) atoms. The van der Waals surface area contributed by atoms with Gasteiger partial charge in [0.25, 0.3) is 0 Å². The Balaban J connectivity index is 0. The number of hydrogen-bond acceptors (Lipinski definition) is 0. The minimum Gasteiger partial charge on any atom is -0.263 e. The zero-order valence-corrected chi connectivity index (χ0v) is 10.7. The van der Waals surface area contributed by atoms with E-state index in [2.05, 4.69) is 40.7 Å². The molecule has 0 heterocycles. The second kappa shape index (κ2) is 4.58. The Morgan fingerprint density at radius 1 is 1.08 bits per heavy atom. The van der Waals surface area contributed by atoms with E-state index >= 15 is 0 Å². The molecule has 0 aromatic carbocycles. The summed E-state index contributed by atoms with van der Waals surface area (Å²) in [5.74, 6) is 0. The molecule has 0 N–H and O–H groups in total. The average Bonchev–Trinajstić information content (AvgIpc) is 1.95. The summed E-state index contributed by atoms with van der Waals surface area (Å²) in [6.07, 6.45) is 3.44. The predicted octanol–water partition coefficient (Wildman–Crippen LogP) is 3.53. The van der Waals surface area contributed by atoms with Crippen molar-refractivity contribution in [2.45, 2.75) is 34.6 Å². The summed E-state index contributed by atoms with van der Waals surface area (Å²) in [5, 5.41) is 0. The van der Waals surface area contributed by atoms with Gasteiger partial charge in [-0.1, -0.05) is 33.1 Å². The number of halogens is 1. The topological polar surface area (TPSA) is 0 Å². The van der Waals surface area contributed by atoms with Gasteiger partial charge in [0, 0.05) is 19.5 Å². The molecule has 0 aromatic heterocycles. The van der Waals surface area contributed by atoms with Crippen molar-refractivity contribution in [3.8, 4) is 0 Å². The maximum Gasteiger partial charge on any atom is 0 e. The van der Waals surface area contributed by atoms with Crippen LogP contribution in [0, 0.1) is 11.5 Å². The molecule has 0 aliphatic heterocycles. The van der Waals surface area contributed by atoms with Crippen LogP contribution >= 0.6 is 12.4 Å². The Hall–Kier alpha value is 0.393. The average molecular weight is 275 g/mol. The van der Waals surface area contributed by atoms with Gasteiger partial charge in [0.05, 0.1) is 0 Å². The third-order valence-electron chi connectivity index (χ3n) is 2.56. The van der Waals surface area contributed by atoms with Gasteiger partial charge < -0.3 is 0 Å².